The molecule has 0 saturated heterocycles. The second kappa shape index (κ2) is 4.42. The maximum atomic E-state index is 2.40. The van der Waals surface area contributed by atoms with Crippen molar-refractivity contribution in [3.05, 3.63) is 22.2 Å². The molecular formula is C11H21Mo. The van der Waals surface area contributed by atoms with Gasteiger partial charge >= 0.3 is 82.2 Å². The van der Waals surface area contributed by atoms with Gasteiger partial charge in [-0.15, -0.1) is 0 Å². The van der Waals surface area contributed by atoms with Crippen LogP contribution >= 0.6 is 0 Å². The Hall–Kier alpha value is 0.168. The quantitative estimate of drug-likeness (QED) is 0.653. The molecule has 0 aromatic heterocycles. The Kier molecular flexibility index (Phi) is 3.77. The van der Waals surface area contributed by atoms with Crippen molar-refractivity contribution in [1.82, 2.24) is 0 Å². The zero-order valence-electron chi connectivity index (χ0n) is 10.5. The Labute approximate surface area is 85.3 Å². The van der Waals surface area contributed by atoms with E-state index < -0.39 is 17.3 Å². The smallest absolute Gasteiger partial charge is 1.00 e. The first kappa shape index (κ1) is 10.3. The van der Waals surface area contributed by atoms with Gasteiger partial charge in [-0.05, 0) is 0 Å². The van der Waals surface area contributed by atoms with E-state index in [1.165, 1.54) is 6.42 Å². The first-order chi connectivity index (χ1) is 5.63. The molecule has 0 heterocycles. The van der Waals surface area contributed by atoms with Crippen molar-refractivity contribution in [2.24, 2.45) is 0 Å². The van der Waals surface area contributed by atoms with Gasteiger partial charge in [-0.2, -0.15) is 0 Å². The van der Waals surface area contributed by atoms with Gasteiger partial charge in [0.25, 0.3) is 0 Å². The van der Waals surface area contributed by atoms with Crippen molar-refractivity contribution in [2.75, 3.05) is 0 Å². The van der Waals surface area contributed by atoms with Gasteiger partial charge in [0.05, 0.1) is 0 Å². The Morgan fingerprint density at radius 1 is 1.25 bits per heavy atom. The minimum atomic E-state index is -0.951. The largest absolute Gasteiger partial charge is 1.00 e. The molecule has 0 nitrogen and oxygen atoms in total. The standard InChI is InChI=1S/C5H5.2C3H7.Mo.2H/c1-2-4-5-3-1;2*1-3-2;;;/h1-3H,4H2;2*3H,1-2H3;;;/q;;;+2;2*-1. The fourth-order valence-corrected chi connectivity index (χ4v) is 8.69. The minimum absolute atomic E-state index is 0. The van der Waals surface area contributed by atoms with E-state index in [1.54, 1.807) is 3.96 Å². The molecule has 1 rings (SSSR count). The summed E-state index contributed by atoms with van der Waals surface area (Å²) in [6, 6.07) is 0. The Bertz CT molecular complexity index is 199. The Balaban J connectivity index is 0. The molecule has 0 atom stereocenters. The van der Waals surface area contributed by atoms with Gasteiger partial charge in [0.15, 0.2) is 0 Å². The molecule has 0 spiro atoms. The van der Waals surface area contributed by atoms with Gasteiger partial charge < -0.3 is 2.85 Å². The molecule has 71 valence electrons. The van der Waals surface area contributed by atoms with E-state index in [9.17, 15) is 0 Å². The molecule has 0 unspecified atom stereocenters. The molecule has 0 radical (unpaired) electrons. The van der Waals surface area contributed by atoms with Crippen LogP contribution in [-0.2, 0) is 17.3 Å². The van der Waals surface area contributed by atoms with Crippen LogP contribution in [0.25, 0.3) is 0 Å². The van der Waals surface area contributed by atoms with Gasteiger partial charge in [-0.1, -0.05) is 0 Å². The normalized spacial score (nSPS) is 16.0. The summed E-state index contributed by atoms with van der Waals surface area (Å²) < 4.78 is 3.68. The van der Waals surface area contributed by atoms with Crippen LogP contribution in [0.1, 0.15) is 37.0 Å². The van der Waals surface area contributed by atoms with Crippen LogP contribution < -0.4 is 0 Å². The van der Waals surface area contributed by atoms with Gasteiger partial charge in [0.1, 0.15) is 0 Å². The van der Waals surface area contributed by atoms with Crippen LogP contribution in [-0.4, -0.2) is 0 Å². The predicted molar refractivity (Wildman–Crippen MR) is 54.3 cm³/mol. The molecule has 0 saturated carbocycles. The van der Waals surface area contributed by atoms with Crippen molar-refractivity contribution < 1.29 is 20.2 Å². The average molecular weight is 249 g/mol. The summed E-state index contributed by atoms with van der Waals surface area (Å²) in [6.45, 7) is 9.60. The number of allylic oxidation sites excluding steroid dienone is 4. The van der Waals surface area contributed by atoms with Crippen molar-refractivity contribution in [1.29, 1.82) is 0 Å². The molecule has 0 amide bonds. The maximum Gasteiger partial charge on any atom is -1.00 e. The maximum absolute atomic E-state index is 2.40. The minimum Gasteiger partial charge on any atom is -1.00 e. The third kappa shape index (κ3) is 2.33. The summed E-state index contributed by atoms with van der Waals surface area (Å²) in [6.07, 6.45) is 8.16. The van der Waals surface area contributed by atoms with E-state index in [0.717, 1.165) is 8.62 Å². The molecule has 0 aromatic carbocycles. The van der Waals surface area contributed by atoms with Crippen molar-refractivity contribution in [3.8, 4) is 0 Å². The summed E-state index contributed by atoms with van der Waals surface area (Å²) >= 11 is -0.951. The molecule has 0 bridgehead atoms. The molecule has 0 aromatic rings. The fourth-order valence-electron chi connectivity index (χ4n) is 1.75. The van der Waals surface area contributed by atoms with Crippen LogP contribution in [0.15, 0.2) is 22.2 Å². The molecule has 0 N–H and O–H groups in total. The van der Waals surface area contributed by atoms with Crippen molar-refractivity contribution >= 4 is 0 Å². The first-order valence-corrected chi connectivity index (χ1v) is 8.02. The van der Waals surface area contributed by atoms with Crippen molar-refractivity contribution in [3.63, 3.8) is 0 Å². The molecular weight excluding hydrogens is 228 g/mol. The van der Waals surface area contributed by atoms with E-state index in [-0.39, 0.29) is 2.85 Å². The molecule has 1 aliphatic rings. The van der Waals surface area contributed by atoms with E-state index >= 15 is 0 Å². The van der Waals surface area contributed by atoms with Gasteiger partial charge in [-0.25, -0.2) is 0 Å². The van der Waals surface area contributed by atoms with E-state index in [2.05, 4.69) is 45.9 Å². The molecule has 0 fully saturated rings. The van der Waals surface area contributed by atoms with E-state index in [4.69, 9.17) is 0 Å². The van der Waals surface area contributed by atoms with Gasteiger partial charge in [-0.3, -0.25) is 0 Å². The predicted octanol–water partition coefficient (Wildman–Crippen LogP) is 4.33. The third-order valence-corrected chi connectivity index (χ3v) is 9.28. The molecule has 0 aliphatic heterocycles. The van der Waals surface area contributed by atoms with Crippen LogP contribution in [0, 0.1) is 0 Å². The zero-order chi connectivity index (χ0) is 9.14. The van der Waals surface area contributed by atoms with Gasteiger partial charge in [0, 0.05) is 0 Å². The monoisotopic (exact) mass is 251 g/mol. The van der Waals surface area contributed by atoms with E-state index in [1.807, 2.05) is 0 Å². The van der Waals surface area contributed by atoms with Crippen LogP contribution in [0.4, 0.5) is 0 Å². The zero-order valence-corrected chi connectivity index (χ0v) is 10.5. The summed E-state index contributed by atoms with van der Waals surface area (Å²) in [5.41, 5.74) is 0. The first-order valence-electron chi connectivity index (χ1n) is 4.70. The van der Waals surface area contributed by atoms with Crippen LogP contribution in [0.5, 0.6) is 0 Å². The topological polar surface area (TPSA) is 0 Å². The van der Waals surface area contributed by atoms with Crippen LogP contribution in [0.3, 0.4) is 0 Å². The molecule has 12 heavy (non-hydrogen) atoms. The third-order valence-electron chi connectivity index (χ3n) is 2.06. The number of rotatable bonds is 3. The molecule has 1 heteroatoms. The van der Waals surface area contributed by atoms with Crippen molar-refractivity contribution in [2.45, 2.75) is 42.7 Å². The average Bonchev–Trinajstić information content (AvgIpc) is 2.37. The second-order valence-electron chi connectivity index (χ2n) is 3.73. The number of hydrogen-bond acceptors (Lipinski definition) is 0. The van der Waals surface area contributed by atoms with E-state index in [0.29, 0.717) is 0 Å². The molecule has 1 aliphatic carbocycles. The fraction of sp³-hybridized carbons (Fsp3) is 0.636. The Morgan fingerprint density at radius 2 is 1.83 bits per heavy atom. The van der Waals surface area contributed by atoms with Crippen LogP contribution in [0.2, 0.25) is 8.62 Å². The Morgan fingerprint density at radius 3 is 2.17 bits per heavy atom. The second-order valence-corrected chi connectivity index (χ2v) is 11.5. The SMILES string of the molecule is C[CH](C)[Mo+2]([C]1=CC=CC1)[CH](C)C.[H-].[H-]. The van der Waals surface area contributed by atoms with Gasteiger partial charge in [0.2, 0.25) is 0 Å². The summed E-state index contributed by atoms with van der Waals surface area (Å²) in [5.74, 6) is 0. The summed E-state index contributed by atoms with van der Waals surface area (Å²) in [4.78, 5) is 0. The summed E-state index contributed by atoms with van der Waals surface area (Å²) in [7, 11) is 0. The number of hydrogen-bond donors (Lipinski definition) is 0. The summed E-state index contributed by atoms with van der Waals surface area (Å²) in [5, 5.41) is 0.